The van der Waals surface area contributed by atoms with E-state index in [9.17, 15) is 8.42 Å². The molecule has 0 saturated carbocycles. The molecular formula is C18H19N5O2S. The third-order valence-electron chi connectivity index (χ3n) is 4.80. The van der Waals surface area contributed by atoms with Crippen molar-refractivity contribution in [3.8, 4) is 11.1 Å². The standard InChI is InChI=1S/C18H19N5O2S/c1-26(24,25)23-6-4-13(5-7-23)17-3-2-14-8-15(11-21-18(14)22-17)16-9-19-12-20-10-16/h2-3,8-13H,4-7H2,1H3. The van der Waals surface area contributed by atoms with Crippen molar-refractivity contribution in [3.63, 3.8) is 0 Å². The Morgan fingerprint density at radius 2 is 1.77 bits per heavy atom. The van der Waals surface area contributed by atoms with Gasteiger partial charge >= 0.3 is 0 Å². The molecule has 1 fully saturated rings. The van der Waals surface area contributed by atoms with E-state index in [2.05, 4.69) is 15.0 Å². The molecule has 1 saturated heterocycles. The van der Waals surface area contributed by atoms with E-state index in [1.54, 1.807) is 18.6 Å². The van der Waals surface area contributed by atoms with Crippen LogP contribution in [-0.2, 0) is 10.0 Å². The summed E-state index contributed by atoms with van der Waals surface area (Å²) >= 11 is 0. The Balaban J connectivity index is 1.57. The smallest absolute Gasteiger partial charge is 0.211 e. The summed E-state index contributed by atoms with van der Waals surface area (Å²) in [5.74, 6) is 0.265. The highest BCUT2D eigenvalue weighted by atomic mass is 32.2. The molecule has 0 spiro atoms. The third-order valence-corrected chi connectivity index (χ3v) is 6.10. The summed E-state index contributed by atoms with van der Waals surface area (Å²) < 4.78 is 24.8. The first-order valence-electron chi connectivity index (χ1n) is 8.48. The molecule has 0 N–H and O–H groups in total. The first-order chi connectivity index (χ1) is 12.5. The second-order valence-electron chi connectivity index (χ2n) is 6.57. The fourth-order valence-electron chi connectivity index (χ4n) is 3.34. The number of rotatable bonds is 3. The fourth-order valence-corrected chi connectivity index (χ4v) is 4.22. The quantitative estimate of drug-likeness (QED) is 0.703. The molecule has 3 aromatic rings. The molecule has 0 bridgehead atoms. The average Bonchev–Trinajstić information content (AvgIpc) is 2.67. The van der Waals surface area contributed by atoms with Crippen LogP contribution in [0.4, 0.5) is 0 Å². The zero-order chi connectivity index (χ0) is 18.1. The highest BCUT2D eigenvalue weighted by molar-refractivity contribution is 7.88. The summed E-state index contributed by atoms with van der Waals surface area (Å²) in [5.41, 5.74) is 3.55. The number of piperidine rings is 1. The molecule has 0 amide bonds. The van der Waals surface area contributed by atoms with Crippen molar-refractivity contribution in [1.29, 1.82) is 0 Å². The van der Waals surface area contributed by atoms with Gasteiger partial charge in [0.15, 0.2) is 5.65 Å². The van der Waals surface area contributed by atoms with Crippen LogP contribution in [0.15, 0.2) is 43.1 Å². The van der Waals surface area contributed by atoms with E-state index in [-0.39, 0.29) is 5.92 Å². The van der Waals surface area contributed by atoms with Crippen LogP contribution in [0.3, 0.4) is 0 Å². The highest BCUT2D eigenvalue weighted by Crippen LogP contribution is 2.29. The van der Waals surface area contributed by atoms with Gasteiger partial charge in [0.25, 0.3) is 0 Å². The molecule has 1 aliphatic heterocycles. The number of hydrogen-bond donors (Lipinski definition) is 0. The van der Waals surface area contributed by atoms with Gasteiger partial charge in [0.1, 0.15) is 6.33 Å². The van der Waals surface area contributed by atoms with Gasteiger partial charge in [-0.15, -0.1) is 0 Å². The lowest BCUT2D eigenvalue weighted by atomic mass is 9.94. The van der Waals surface area contributed by atoms with Gasteiger partial charge in [-0.05, 0) is 31.0 Å². The summed E-state index contributed by atoms with van der Waals surface area (Å²) in [5, 5.41) is 0.962. The number of sulfonamides is 1. The highest BCUT2D eigenvalue weighted by Gasteiger charge is 2.26. The molecule has 0 aliphatic carbocycles. The predicted octanol–water partition coefficient (Wildman–Crippen LogP) is 2.23. The minimum Gasteiger partial charge on any atom is -0.244 e. The van der Waals surface area contributed by atoms with Crippen molar-refractivity contribution in [2.75, 3.05) is 19.3 Å². The van der Waals surface area contributed by atoms with Crippen LogP contribution >= 0.6 is 0 Å². The van der Waals surface area contributed by atoms with Crippen LogP contribution in [0.1, 0.15) is 24.5 Å². The van der Waals surface area contributed by atoms with Crippen LogP contribution in [0.2, 0.25) is 0 Å². The molecule has 1 aliphatic rings. The Morgan fingerprint density at radius 1 is 1.04 bits per heavy atom. The molecule has 0 unspecified atom stereocenters. The number of pyridine rings is 2. The molecule has 0 radical (unpaired) electrons. The van der Waals surface area contributed by atoms with Crippen LogP contribution in [0.5, 0.6) is 0 Å². The largest absolute Gasteiger partial charge is 0.244 e. The van der Waals surface area contributed by atoms with E-state index < -0.39 is 10.0 Å². The minimum atomic E-state index is -3.11. The minimum absolute atomic E-state index is 0.265. The molecule has 4 rings (SSSR count). The lowest BCUT2D eigenvalue weighted by Gasteiger charge is -2.29. The summed E-state index contributed by atoms with van der Waals surface area (Å²) in [6, 6.07) is 6.08. The van der Waals surface area contributed by atoms with E-state index in [0.717, 1.165) is 35.0 Å². The van der Waals surface area contributed by atoms with E-state index in [1.807, 2.05) is 18.2 Å². The monoisotopic (exact) mass is 369 g/mol. The molecule has 7 nitrogen and oxygen atoms in total. The van der Waals surface area contributed by atoms with Gasteiger partial charge in [0.05, 0.1) is 6.26 Å². The van der Waals surface area contributed by atoms with E-state index in [0.29, 0.717) is 18.7 Å². The Hall–Kier alpha value is -2.45. The molecule has 0 atom stereocenters. The molecule has 8 heteroatoms. The topological polar surface area (TPSA) is 88.9 Å². The second kappa shape index (κ2) is 6.69. The van der Waals surface area contributed by atoms with Gasteiger partial charge in [-0.2, -0.15) is 0 Å². The van der Waals surface area contributed by atoms with Gasteiger partial charge < -0.3 is 0 Å². The summed E-state index contributed by atoms with van der Waals surface area (Å²) in [7, 11) is -3.11. The molecule has 134 valence electrons. The zero-order valence-corrected chi connectivity index (χ0v) is 15.2. The van der Waals surface area contributed by atoms with Gasteiger partial charge in [-0.3, -0.25) is 0 Å². The van der Waals surface area contributed by atoms with Crippen molar-refractivity contribution >= 4 is 21.1 Å². The maximum absolute atomic E-state index is 11.6. The van der Waals surface area contributed by atoms with Gasteiger partial charge in [-0.1, -0.05) is 0 Å². The first kappa shape index (κ1) is 17.0. The summed E-state index contributed by atoms with van der Waals surface area (Å²) in [4.78, 5) is 17.3. The average molecular weight is 369 g/mol. The molecule has 3 aromatic heterocycles. The summed E-state index contributed by atoms with van der Waals surface area (Å²) in [6.07, 6.45) is 9.63. The zero-order valence-electron chi connectivity index (χ0n) is 14.4. The van der Waals surface area contributed by atoms with E-state index >= 15 is 0 Å². The lowest BCUT2D eigenvalue weighted by Crippen LogP contribution is -2.37. The van der Waals surface area contributed by atoms with Crippen LogP contribution in [0, 0.1) is 0 Å². The molecule has 0 aromatic carbocycles. The van der Waals surface area contributed by atoms with E-state index in [1.165, 1.54) is 16.9 Å². The van der Waals surface area contributed by atoms with Gasteiger partial charge in [-0.25, -0.2) is 32.7 Å². The molecule has 26 heavy (non-hydrogen) atoms. The van der Waals surface area contributed by atoms with Gasteiger partial charge in [0, 0.05) is 59.8 Å². The van der Waals surface area contributed by atoms with E-state index in [4.69, 9.17) is 4.98 Å². The number of fused-ring (bicyclic) bond motifs is 1. The van der Waals surface area contributed by atoms with Gasteiger partial charge in [0.2, 0.25) is 10.0 Å². The third kappa shape index (κ3) is 3.42. The Morgan fingerprint density at radius 3 is 2.46 bits per heavy atom. The Labute approximate surface area is 152 Å². The SMILES string of the molecule is CS(=O)(=O)N1CCC(c2ccc3cc(-c4cncnc4)cnc3n2)CC1. The Kier molecular flexibility index (Phi) is 4.37. The molecule has 4 heterocycles. The van der Waals surface area contributed by atoms with Crippen LogP contribution in [0.25, 0.3) is 22.2 Å². The fraction of sp³-hybridized carbons (Fsp3) is 0.333. The maximum Gasteiger partial charge on any atom is 0.211 e. The van der Waals surface area contributed by atoms with Crippen LogP contribution < -0.4 is 0 Å². The maximum atomic E-state index is 11.6. The Bertz CT molecular complexity index is 1030. The predicted molar refractivity (Wildman–Crippen MR) is 99.0 cm³/mol. The van der Waals surface area contributed by atoms with Crippen LogP contribution in [-0.4, -0.2) is 52.0 Å². The lowest BCUT2D eigenvalue weighted by molar-refractivity contribution is 0.319. The summed E-state index contributed by atoms with van der Waals surface area (Å²) in [6.45, 7) is 1.09. The van der Waals surface area contributed by atoms with Crippen molar-refractivity contribution < 1.29 is 8.42 Å². The second-order valence-corrected chi connectivity index (χ2v) is 8.55. The van der Waals surface area contributed by atoms with Crippen molar-refractivity contribution in [2.24, 2.45) is 0 Å². The first-order valence-corrected chi connectivity index (χ1v) is 10.3. The van der Waals surface area contributed by atoms with Crippen molar-refractivity contribution in [1.82, 2.24) is 24.2 Å². The number of nitrogens with zero attached hydrogens (tertiary/aromatic N) is 5. The number of aromatic nitrogens is 4. The molecular weight excluding hydrogens is 350 g/mol. The number of hydrogen-bond acceptors (Lipinski definition) is 6. The van der Waals surface area contributed by atoms with Crippen molar-refractivity contribution in [3.05, 3.63) is 48.8 Å². The van der Waals surface area contributed by atoms with Crippen molar-refractivity contribution in [2.45, 2.75) is 18.8 Å². The normalized spacial score (nSPS) is 16.8.